The molecule has 0 bridgehead atoms. The summed E-state index contributed by atoms with van der Waals surface area (Å²) in [5.74, 6) is 0.295. The number of nitrogens with one attached hydrogen (secondary N) is 1. The van der Waals surface area contributed by atoms with Gasteiger partial charge in [0.2, 0.25) is 0 Å². The van der Waals surface area contributed by atoms with Gasteiger partial charge in [0, 0.05) is 28.3 Å². The molecule has 2 atom stereocenters. The molecule has 1 aromatic heterocycles. The number of carbonyl (C=O) groups excluding carboxylic acids is 1. The van der Waals surface area contributed by atoms with Crippen molar-refractivity contribution in [2.45, 2.75) is 31.9 Å². The Morgan fingerprint density at radius 3 is 2.90 bits per heavy atom. The number of aliphatic imine (C=N–C) groups is 2. The molecular formula is C21H23BrN4O3. The van der Waals surface area contributed by atoms with E-state index < -0.39 is 12.1 Å². The van der Waals surface area contributed by atoms with E-state index >= 15 is 0 Å². The zero-order chi connectivity index (χ0) is 20.8. The number of aliphatic hydroxyl groups is 1. The lowest BCUT2D eigenvalue weighted by molar-refractivity contribution is -0.140. The van der Waals surface area contributed by atoms with Crippen LogP contribution in [0.1, 0.15) is 31.0 Å². The molecule has 0 radical (unpaired) electrons. The molecule has 0 spiro atoms. The highest BCUT2D eigenvalue weighted by atomic mass is 79.9. The number of halogens is 1. The molecule has 1 aromatic carbocycles. The minimum atomic E-state index is -0.586. The van der Waals surface area contributed by atoms with Crippen LogP contribution in [0, 0.1) is 0 Å². The highest BCUT2D eigenvalue weighted by molar-refractivity contribution is 9.10. The van der Waals surface area contributed by atoms with E-state index in [1.165, 1.54) is 7.11 Å². The molecule has 0 saturated heterocycles. The maximum Gasteiger partial charge on any atom is 0.305 e. The second kappa shape index (κ2) is 9.76. The minimum Gasteiger partial charge on any atom is -0.469 e. The molecule has 2 aromatic rings. The van der Waals surface area contributed by atoms with E-state index in [1.807, 2.05) is 36.4 Å². The Balaban J connectivity index is 2.11. The molecule has 0 aliphatic carbocycles. The predicted octanol–water partition coefficient (Wildman–Crippen LogP) is 3.21. The van der Waals surface area contributed by atoms with Crippen LogP contribution in [0.2, 0.25) is 0 Å². The summed E-state index contributed by atoms with van der Waals surface area (Å²) in [7, 11) is 1.37. The number of hydrogen-bond donors (Lipinski definition) is 2. The molecule has 1 aliphatic heterocycles. The lowest BCUT2D eigenvalue weighted by Crippen LogP contribution is -2.28. The molecule has 152 valence electrons. The van der Waals surface area contributed by atoms with Crippen LogP contribution in [0.25, 0.3) is 0 Å². The van der Waals surface area contributed by atoms with Crippen LogP contribution >= 0.6 is 15.9 Å². The van der Waals surface area contributed by atoms with Crippen molar-refractivity contribution in [2.24, 2.45) is 9.98 Å². The molecule has 0 saturated carbocycles. The molecular weight excluding hydrogens is 436 g/mol. The molecule has 0 amide bonds. The number of aromatic nitrogens is 1. The summed E-state index contributed by atoms with van der Waals surface area (Å²) in [5.41, 5.74) is 3.16. The maximum atomic E-state index is 11.7. The summed E-state index contributed by atoms with van der Waals surface area (Å²) in [6, 6.07) is 11.1. The molecule has 29 heavy (non-hydrogen) atoms. The van der Waals surface area contributed by atoms with Crippen LogP contribution in [0.15, 0.2) is 57.1 Å². The van der Waals surface area contributed by atoms with Gasteiger partial charge >= 0.3 is 5.97 Å². The Kier molecular flexibility index (Phi) is 7.11. The number of carbonyl (C=O) groups is 1. The monoisotopic (exact) mass is 458 g/mol. The predicted molar refractivity (Wildman–Crippen MR) is 117 cm³/mol. The summed E-state index contributed by atoms with van der Waals surface area (Å²) in [6.45, 7) is 1.91. The number of benzodiazepines with no additional fused rings is 1. The zero-order valence-electron chi connectivity index (χ0n) is 16.3. The molecule has 1 unspecified atom stereocenters. The Labute approximate surface area is 178 Å². The van der Waals surface area contributed by atoms with Crippen molar-refractivity contribution in [1.82, 2.24) is 4.98 Å². The van der Waals surface area contributed by atoms with Gasteiger partial charge in [-0.15, -0.1) is 0 Å². The third kappa shape index (κ3) is 5.48. The Morgan fingerprint density at radius 2 is 2.21 bits per heavy atom. The first-order chi connectivity index (χ1) is 14.0. The average Bonchev–Trinajstić information content (AvgIpc) is 2.87. The van der Waals surface area contributed by atoms with Crippen molar-refractivity contribution < 1.29 is 14.6 Å². The number of anilines is 1. The number of ether oxygens (including phenoxy) is 1. The van der Waals surface area contributed by atoms with Crippen molar-refractivity contribution in [3.63, 3.8) is 0 Å². The number of benzene rings is 1. The topological polar surface area (TPSA) is 96.2 Å². The van der Waals surface area contributed by atoms with Crippen molar-refractivity contribution in [3.8, 4) is 0 Å². The number of aliphatic hydroxyl groups excluding tert-OH is 1. The summed E-state index contributed by atoms with van der Waals surface area (Å²) < 4.78 is 5.70. The normalized spacial score (nSPS) is 18.3. The SMILES string of the molecule is COC(=O)CC[C@@H]1N=C(c2ccccn2)c2cc(Br)ccc2NC1=NCC(C)O. The quantitative estimate of drug-likeness (QED) is 0.647. The minimum absolute atomic E-state index is 0.204. The summed E-state index contributed by atoms with van der Waals surface area (Å²) in [4.78, 5) is 25.7. The number of methoxy groups -OCH3 is 1. The second-order valence-corrected chi connectivity index (χ2v) is 7.63. The van der Waals surface area contributed by atoms with Crippen LogP contribution in [0.3, 0.4) is 0 Å². The van der Waals surface area contributed by atoms with E-state index in [0.29, 0.717) is 18.0 Å². The van der Waals surface area contributed by atoms with E-state index in [9.17, 15) is 9.90 Å². The number of hydrogen-bond acceptors (Lipinski definition) is 6. The maximum absolute atomic E-state index is 11.7. The largest absolute Gasteiger partial charge is 0.469 e. The third-order valence-electron chi connectivity index (χ3n) is 4.38. The number of rotatable bonds is 6. The van der Waals surface area contributed by atoms with Crippen LogP contribution < -0.4 is 5.32 Å². The lowest BCUT2D eigenvalue weighted by Gasteiger charge is -2.16. The number of fused-ring (bicyclic) bond motifs is 1. The first kappa shape index (κ1) is 21.1. The Bertz CT molecular complexity index is 929. The second-order valence-electron chi connectivity index (χ2n) is 6.71. The lowest BCUT2D eigenvalue weighted by atomic mass is 10.0. The van der Waals surface area contributed by atoms with E-state index in [4.69, 9.17) is 9.73 Å². The summed E-state index contributed by atoms with van der Waals surface area (Å²) in [6.07, 6.45) is 1.76. The van der Waals surface area contributed by atoms with Gasteiger partial charge in [0.15, 0.2) is 0 Å². The first-order valence-corrected chi connectivity index (χ1v) is 10.1. The van der Waals surface area contributed by atoms with Gasteiger partial charge in [-0.3, -0.25) is 19.8 Å². The summed E-state index contributed by atoms with van der Waals surface area (Å²) >= 11 is 3.53. The van der Waals surface area contributed by atoms with Gasteiger partial charge in [-0.25, -0.2) is 0 Å². The van der Waals surface area contributed by atoms with Gasteiger partial charge in [0.05, 0.1) is 31.2 Å². The molecule has 0 fully saturated rings. The molecule has 7 nitrogen and oxygen atoms in total. The van der Waals surface area contributed by atoms with E-state index in [1.54, 1.807) is 13.1 Å². The number of esters is 1. The molecule has 8 heteroatoms. The number of pyridine rings is 1. The summed E-state index contributed by atoms with van der Waals surface area (Å²) in [5, 5.41) is 13.1. The standard InChI is InChI=1S/C21H23BrN4O3/c1-13(27)12-24-21-18(8-9-19(28)29-2)25-20(17-5-3-4-10-23-17)15-11-14(22)6-7-16(15)26-21/h3-7,10-11,13,18,27H,8-9,12H2,1-2H3,(H,24,26)/t13?,18-/m0/s1. The van der Waals surface area contributed by atoms with Crippen LogP contribution in [-0.2, 0) is 9.53 Å². The van der Waals surface area contributed by atoms with Crippen LogP contribution in [-0.4, -0.2) is 53.4 Å². The van der Waals surface area contributed by atoms with Crippen LogP contribution in [0.5, 0.6) is 0 Å². The highest BCUT2D eigenvalue weighted by Crippen LogP contribution is 2.28. The van der Waals surface area contributed by atoms with Crippen molar-refractivity contribution in [3.05, 3.63) is 58.3 Å². The van der Waals surface area contributed by atoms with Gasteiger partial charge in [-0.1, -0.05) is 22.0 Å². The van der Waals surface area contributed by atoms with Gasteiger partial charge < -0.3 is 15.2 Å². The van der Waals surface area contributed by atoms with Gasteiger partial charge in [0.25, 0.3) is 0 Å². The van der Waals surface area contributed by atoms with E-state index in [0.717, 1.165) is 21.4 Å². The van der Waals surface area contributed by atoms with E-state index in [-0.39, 0.29) is 18.9 Å². The Morgan fingerprint density at radius 1 is 1.38 bits per heavy atom. The highest BCUT2D eigenvalue weighted by Gasteiger charge is 2.26. The third-order valence-corrected chi connectivity index (χ3v) is 4.88. The molecule has 2 heterocycles. The van der Waals surface area contributed by atoms with Crippen molar-refractivity contribution >= 4 is 39.1 Å². The van der Waals surface area contributed by atoms with Crippen molar-refractivity contribution in [2.75, 3.05) is 19.0 Å². The smallest absolute Gasteiger partial charge is 0.305 e. The molecule has 1 aliphatic rings. The zero-order valence-corrected chi connectivity index (χ0v) is 17.9. The van der Waals surface area contributed by atoms with Gasteiger partial charge in [-0.05, 0) is 43.7 Å². The fraction of sp³-hybridized carbons (Fsp3) is 0.333. The molecule has 2 N–H and O–H groups in total. The van der Waals surface area contributed by atoms with Crippen molar-refractivity contribution in [1.29, 1.82) is 0 Å². The van der Waals surface area contributed by atoms with E-state index in [2.05, 4.69) is 31.2 Å². The van der Waals surface area contributed by atoms with Gasteiger partial charge in [0.1, 0.15) is 11.9 Å². The average molecular weight is 459 g/mol. The number of amidine groups is 1. The Hall–Kier alpha value is -2.58. The van der Waals surface area contributed by atoms with Gasteiger partial charge in [-0.2, -0.15) is 0 Å². The van der Waals surface area contributed by atoms with Crippen LogP contribution in [0.4, 0.5) is 5.69 Å². The fourth-order valence-electron chi connectivity index (χ4n) is 2.97. The molecule has 3 rings (SSSR count). The first-order valence-electron chi connectivity index (χ1n) is 9.33. The fourth-order valence-corrected chi connectivity index (χ4v) is 3.33. The number of nitrogens with zero attached hydrogens (tertiary/aromatic N) is 3.